The summed E-state index contributed by atoms with van der Waals surface area (Å²) in [5.74, 6) is 0. The maximum absolute atomic E-state index is 10.5. The van der Waals surface area contributed by atoms with Crippen molar-refractivity contribution in [1.29, 1.82) is 0 Å². The minimum atomic E-state index is 0.362. The van der Waals surface area contributed by atoms with Gasteiger partial charge < -0.3 is 10.3 Å². The summed E-state index contributed by atoms with van der Waals surface area (Å²) < 4.78 is 0. The molecule has 1 aromatic rings. The van der Waals surface area contributed by atoms with Crippen LogP contribution in [0.5, 0.6) is 0 Å². The van der Waals surface area contributed by atoms with Gasteiger partial charge in [0, 0.05) is 12.7 Å². The zero-order valence-corrected chi connectivity index (χ0v) is 5.82. The van der Waals surface area contributed by atoms with Gasteiger partial charge in [-0.2, -0.15) is 0 Å². The summed E-state index contributed by atoms with van der Waals surface area (Å²) in [4.78, 5) is 3.98. The minimum Gasteiger partial charge on any atom is -0.785 e. The van der Waals surface area contributed by atoms with E-state index in [1.54, 1.807) is 6.20 Å². The molecular weight excluding hydrogens is 128 g/mol. The second-order valence-corrected chi connectivity index (χ2v) is 2.11. The Labute approximate surface area is 59.9 Å². The monoisotopic (exact) mass is 137 g/mol. The molecule has 0 spiro atoms. The molecule has 3 nitrogen and oxygen atoms in total. The van der Waals surface area contributed by atoms with E-state index in [4.69, 9.17) is 0 Å². The largest absolute Gasteiger partial charge is 0.785 e. The Morgan fingerprint density at radius 2 is 2.40 bits per heavy atom. The van der Waals surface area contributed by atoms with Gasteiger partial charge in [0.25, 0.3) is 0 Å². The third kappa shape index (κ3) is 2.13. The fourth-order valence-corrected chi connectivity index (χ4v) is 0.720. The molecule has 1 heterocycles. The smallest absolute Gasteiger partial charge is 0.0534 e. The van der Waals surface area contributed by atoms with Crippen molar-refractivity contribution < 1.29 is 0 Å². The molecule has 0 N–H and O–H groups in total. The van der Waals surface area contributed by atoms with Crippen LogP contribution < -0.4 is 0 Å². The third-order valence-corrected chi connectivity index (χ3v) is 1.11. The first-order chi connectivity index (χ1) is 4.79. The van der Waals surface area contributed by atoms with Crippen molar-refractivity contribution in [2.75, 3.05) is 7.05 Å². The van der Waals surface area contributed by atoms with Crippen molar-refractivity contribution in [2.24, 2.45) is 0 Å². The van der Waals surface area contributed by atoms with Gasteiger partial charge in [-0.05, 0) is 19.2 Å². The Morgan fingerprint density at radius 3 is 2.90 bits per heavy atom. The molecule has 0 bridgehead atoms. The van der Waals surface area contributed by atoms with Gasteiger partial charge in [-0.15, -0.1) is 0 Å². The molecule has 0 saturated carbocycles. The number of rotatable bonds is 2. The minimum absolute atomic E-state index is 0.362. The van der Waals surface area contributed by atoms with E-state index in [0.29, 0.717) is 6.54 Å². The third-order valence-electron chi connectivity index (χ3n) is 1.11. The quantitative estimate of drug-likeness (QED) is 0.571. The Kier molecular flexibility index (Phi) is 2.36. The van der Waals surface area contributed by atoms with E-state index in [1.165, 1.54) is 7.05 Å². The van der Waals surface area contributed by atoms with Crippen LogP contribution in [-0.2, 0) is 6.54 Å². The van der Waals surface area contributed by atoms with Gasteiger partial charge in [0.05, 0.1) is 5.69 Å². The van der Waals surface area contributed by atoms with E-state index in [0.717, 1.165) is 10.8 Å². The number of hydrogen-bond acceptors (Lipinski definition) is 3. The normalized spacial score (nSPS) is 10.3. The summed E-state index contributed by atoms with van der Waals surface area (Å²) in [6.45, 7) is 0.362. The van der Waals surface area contributed by atoms with Gasteiger partial charge >= 0.3 is 0 Å². The van der Waals surface area contributed by atoms with Gasteiger partial charge in [-0.25, -0.2) is 0 Å². The first kappa shape index (κ1) is 7.18. The first-order valence-electron chi connectivity index (χ1n) is 3.07. The van der Waals surface area contributed by atoms with Gasteiger partial charge in [0.1, 0.15) is 0 Å². The maximum Gasteiger partial charge on any atom is 0.0534 e. The van der Waals surface area contributed by atoms with E-state index >= 15 is 0 Å². The topological polar surface area (TPSA) is 39.2 Å². The molecule has 0 aromatic carbocycles. The summed E-state index contributed by atoms with van der Waals surface area (Å²) in [5, 5.41) is 11.3. The molecule has 10 heavy (non-hydrogen) atoms. The molecule has 54 valence electrons. The van der Waals surface area contributed by atoms with Gasteiger partial charge in [0.15, 0.2) is 0 Å². The molecular formula is C7H9N2O-. The van der Waals surface area contributed by atoms with Crippen molar-refractivity contribution >= 4 is 0 Å². The summed E-state index contributed by atoms with van der Waals surface area (Å²) in [6, 6.07) is 5.52. The van der Waals surface area contributed by atoms with E-state index in [2.05, 4.69) is 4.98 Å². The van der Waals surface area contributed by atoms with E-state index in [-0.39, 0.29) is 0 Å². The molecule has 0 aliphatic heterocycles. The van der Waals surface area contributed by atoms with Crippen LogP contribution in [0.1, 0.15) is 5.69 Å². The van der Waals surface area contributed by atoms with E-state index in [9.17, 15) is 5.21 Å². The second kappa shape index (κ2) is 3.29. The predicted molar refractivity (Wildman–Crippen MR) is 39.1 cm³/mol. The number of nitrogens with zero attached hydrogens (tertiary/aromatic N) is 2. The molecule has 0 fully saturated rings. The van der Waals surface area contributed by atoms with Crippen LogP contribution in [0.15, 0.2) is 24.4 Å². The van der Waals surface area contributed by atoms with Crippen molar-refractivity contribution in [3.05, 3.63) is 35.3 Å². The van der Waals surface area contributed by atoms with E-state index < -0.39 is 0 Å². The number of hydroxylamine groups is 2. The van der Waals surface area contributed by atoms with Crippen LogP contribution in [0.3, 0.4) is 0 Å². The van der Waals surface area contributed by atoms with Crippen LogP contribution in [0.25, 0.3) is 0 Å². The maximum atomic E-state index is 10.5. The lowest BCUT2D eigenvalue weighted by molar-refractivity contribution is 0.447. The van der Waals surface area contributed by atoms with Gasteiger partial charge in [-0.3, -0.25) is 4.98 Å². The molecule has 1 aromatic heterocycles. The second-order valence-electron chi connectivity index (χ2n) is 2.11. The standard InChI is InChI=1S/C7H9N2O/c1-9(10)6-7-4-2-3-5-8-7/h2-5H,6H2,1H3/q-1. The first-order valence-corrected chi connectivity index (χ1v) is 3.07. The van der Waals surface area contributed by atoms with Crippen LogP contribution in [-0.4, -0.2) is 17.1 Å². The highest BCUT2D eigenvalue weighted by Gasteiger charge is 1.88. The average Bonchev–Trinajstić information content (AvgIpc) is 1.88. The van der Waals surface area contributed by atoms with Crippen LogP contribution in [0.2, 0.25) is 0 Å². The zero-order valence-electron chi connectivity index (χ0n) is 5.82. The highest BCUT2D eigenvalue weighted by atomic mass is 16.5. The molecule has 0 atom stereocenters. The van der Waals surface area contributed by atoms with Gasteiger partial charge in [0.2, 0.25) is 0 Å². The molecule has 0 aliphatic carbocycles. The van der Waals surface area contributed by atoms with Crippen molar-refractivity contribution in [3.63, 3.8) is 0 Å². The Balaban J connectivity index is 2.59. The molecule has 0 saturated heterocycles. The molecule has 3 heteroatoms. The lowest BCUT2D eigenvalue weighted by atomic mass is 10.3. The zero-order chi connectivity index (χ0) is 7.40. The van der Waals surface area contributed by atoms with Crippen molar-refractivity contribution in [1.82, 2.24) is 10.0 Å². The number of pyridine rings is 1. The summed E-state index contributed by atoms with van der Waals surface area (Å²) in [7, 11) is 1.48. The van der Waals surface area contributed by atoms with Crippen LogP contribution in [0.4, 0.5) is 0 Å². The summed E-state index contributed by atoms with van der Waals surface area (Å²) >= 11 is 0. The van der Waals surface area contributed by atoms with Crippen molar-refractivity contribution in [3.8, 4) is 0 Å². The van der Waals surface area contributed by atoms with Crippen molar-refractivity contribution in [2.45, 2.75) is 6.54 Å². The van der Waals surface area contributed by atoms with E-state index in [1.807, 2.05) is 18.2 Å². The molecule has 0 radical (unpaired) electrons. The molecule has 1 rings (SSSR count). The average molecular weight is 137 g/mol. The molecule has 0 unspecified atom stereocenters. The Morgan fingerprint density at radius 1 is 1.60 bits per heavy atom. The molecule has 0 amide bonds. The Hall–Kier alpha value is -0.930. The fraction of sp³-hybridized carbons (Fsp3) is 0.286. The highest BCUT2D eigenvalue weighted by Crippen LogP contribution is 1.95. The molecule has 0 aliphatic rings. The van der Waals surface area contributed by atoms with Crippen LogP contribution >= 0.6 is 0 Å². The summed E-state index contributed by atoms with van der Waals surface area (Å²) in [6.07, 6.45) is 1.68. The lowest BCUT2D eigenvalue weighted by Crippen LogP contribution is -2.09. The Bertz CT molecular complexity index is 186. The highest BCUT2D eigenvalue weighted by molar-refractivity contribution is 5.02. The predicted octanol–water partition coefficient (Wildman–Crippen LogP) is 1.01. The van der Waals surface area contributed by atoms with Crippen LogP contribution in [0, 0.1) is 5.21 Å². The SMILES string of the molecule is CN([O-])Cc1ccccn1. The lowest BCUT2D eigenvalue weighted by Gasteiger charge is -2.20. The summed E-state index contributed by atoms with van der Waals surface area (Å²) in [5.41, 5.74) is 0.806. The number of aromatic nitrogens is 1. The number of hydrogen-bond donors (Lipinski definition) is 0. The van der Waals surface area contributed by atoms with Gasteiger partial charge in [-0.1, -0.05) is 6.07 Å². The fourth-order valence-electron chi connectivity index (χ4n) is 0.720.